The highest BCUT2D eigenvalue weighted by atomic mass is 79.9. The van der Waals surface area contributed by atoms with Gasteiger partial charge in [-0.3, -0.25) is 0 Å². The molecule has 1 aromatic carbocycles. The Kier molecular flexibility index (Phi) is 3.23. The first-order valence-corrected chi connectivity index (χ1v) is 6.84. The van der Waals surface area contributed by atoms with Gasteiger partial charge in [0.2, 0.25) is 0 Å². The Morgan fingerprint density at radius 1 is 1.15 bits per heavy atom. The zero-order valence-electron chi connectivity index (χ0n) is 10.8. The molecule has 3 rings (SSSR count). The minimum Gasteiger partial charge on any atom is -0.383 e. The van der Waals surface area contributed by atoms with E-state index in [1.54, 1.807) is 10.9 Å². The van der Waals surface area contributed by atoms with Gasteiger partial charge in [-0.2, -0.15) is 5.10 Å². The fraction of sp³-hybridized carbons (Fsp3) is 0.0714. The smallest absolute Gasteiger partial charge is 0.165 e. The zero-order chi connectivity index (χ0) is 14.1. The molecule has 0 unspecified atom stereocenters. The van der Waals surface area contributed by atoms with Gasteiger partial charge in [-0.1, -0.05) is 18.2 Å². The Morgan fingerprint density at radius 2 is 1.90 bits per heavy atom. The van der Waals surface area contributed by atoms with Crippen LogP contribution in [-0.4, -0.2) is 19.7 Å². The summed E-state index contributed by atoms with van der Waals surface area (Å²) < 4.78 is 2.52. The van der Waals surface area contributed by atoms with Gasteiger partial charge in [-0.15, -0.1) is 0 Å². The number of hydrogen-bond acceptors (Lipinski definition) is 4. The van der Waals surface area contributed by atoms with Crippen molar-refractivity contribution in [1.29, 1.82) is 0 Å². The molecule has 0 aliphatic rings. The first-order chi connectivity index (χ1) is 9.65. The van der Waals surface area contributed by atoms with Gasteiger partial charge in [0, 0.05) is 6.20 Å². The van der Waals surface area contributed by atoms with Crippen LogP contribution in [0.25, 0.3) is 17.1 Å². The molecule has 0 radical (unpaired) electrons. The molecule has 2 N–H and O–H groups in total. The number of halogens is 1. The van der Waals surface area contributed by atoms with E-state index >= 15 is 0 Å². The molecule has 0 aliphatic carbocycles. The average Bonchev–Trinajstić information content (AvgIpc) is 2.95. The fourth-order valence-corrected chi connectivity index (χ4v) is 2.05. The number of hydrogen-bond donors (Lipinski definition) is 1. The highest BCUT2D eigenvalue weighted by molar-refractivity contribution is 9.10. The molecule has 0 aliphatic heterocycles. The molecule has 0 amide bonds. The molecule has 100 valence electrons. The van der Waals surface area contributed by atoms with Gasteiger partial charge in [0.1, 0.15) is 5.82 Å². The van der Waals surface area contributed by atoms with Gasteiger partial charge in [0.05, 0.1) is 27.6 Å². The number of rotatable bonds is 2. The minimum absolute atomic E-state index is 0.431. The number of anilines is 1. The van der Waals surface area contributed by atoms with Crippen molar-refractivity contribution >= 4 is 21.7 Å². The molecule has 2 heterocycles. The van der Waals surface area contributed by atoms with E-state index in [0.29, 0.717) is 11.6 Å². The second kappa shape index (κ2) is 5.05. The summed E-state index contributed by atoms with van der Waals surface area (Å²) >= 11 is 3.36. The number of nitrogens with zero attached hydrogens (tertiary/aromatic N) is 4. The topological polar surface area (TPSA) is 69.6 Å². The third-order valence-electron chi connectivity index (χ3n) is 2.90. The van der Waals surface area contributed by atoms with Crippen LogP contribution in [0.5, 0.6) is 0 Å². The molecule has 0 atom stereocenters. The van der Waals surface area contributed by atoms with Crippen LogP contribution in [0.2, 0.25) is 0 Å². The van der Waals surface area contributed by atoms with Crippen molar-refractivity contribution < 1.29 is 0 Å². The maximum absolute atomic E-state index is 5.85. The molecule has 0 saturated heterocycles. The summed E-state index contributed by atoms with van der Waals surface area (Å²) in [7, 11) is 0. The average molecular weight is 330 g/mol. The number of aromatic nitrogens is 4. The predicted molar refractivity (Wildman–Crippen MR) is 81.4 cm³/mol. The highest BCUT2D eigenvalue weighted by Gasteiger charge is 2.10. The van der Waals surface area contributed by atoms with Crippen LogP contribution >= 0.6 is 15.9 Å². The Balaban J connectivity index is 2.03. The lowest BCUT2D eigenvalue weighted by Gasteiger charge is -2.04. The highest BCUT2D eigenvalue weighted by Crippen LogP contribution is 2.24. The largest absolute Gasteiger partial charge is 0.383 e. The number of aryl methyl sites for hydroxylation is 1. The molecule has 20 heavy (non-hydrogen) atoms. The van der Waals surface area contributed by atoms with Crippen molar-refractivity contribution in [2.45, 2.75) is 6.92 Å². The molecule has 0 bridgehead atoms. The summed E-state index contributed by atoms with van der Waals surface area (Å²) in [5, 5.41) is 4.33. The van der Waals surface area contributed by atoms with Crippen molar-refractivity contribution in [3.05, 3.63) is 52.9 Å². The lowest BCUT2D eigenvalue weighted by Crippen LogP contribution is -1.99. The second-order valence-electron chi connectivity index (χ2n) is 4.34. The molecule has 0 spiro atoms. The van der Waals surface area contributed by atoms with E-state index in [1.807, 2.05) is 43.5 Å². The van der Waals surface area contributed by atoms with Crippen LogP contribution in [0.1, 0.15) is 5.69 Å². The Bertz CT molecular complexity index is 728. The zero-order valence-corrected chi connectivity index (χ0v) is 12.4. The van der Waals surface area contributed by atoms with Crippen molar-refractivity contribution in [2.75, 3.05) is 5.73 Å². The van der Waals surface area contributed by atoms with E-state index in [2.05, 4.69) is 31.0 Å². The SMILES string of the molecule is Cc1nc(-c2cnn(-c3ccccc3)c2)nc(N)c1Br. The van der Waals surface area contributed by atoms with Gasteiger partial charge in [-0.05, 0) is 35.0 Å². The monoisotopic (exact) mass is 329 g/mol. The Labute approximate surface area is 124 Å². The summed E-state index contributed by atoms with van der Waals surface area (Å²) in [6.07, 6.45) is 3.62. The second-order valence-corrected chi connectivity index (χ2v) is 5.13. The lowest BCUT2D eigenvalue weighted by atomic mass is 10.3. The van der Waals surface area contributed by atoms with Crippen molar-refractivity contribution in [3.8, 4) is 17.1 Å². The van der Waals surface area contributed by atoms with Crippen LogP contribution in [0.3, 0.4) is 0 Å². The van der Waals surface area contributed by atoms with Crippen LogP contribution in [0, 0.1) is 6.92 Å². The van der Waals surface area contributed by atoms with Crippen molar-refractivity contribution in [3.63, 3.8) is 0 Å². The molecule has 5 nitrogen and oxygen atoms in total. The maximum Gasteiger partial charge on any atom is 0.165 e. The van der Waals surface area contributed by atoms with Crippen molar-refractivity contribution in [2.24, 2.45) is 0 Å². The number of nitrogen functional groups attached to an aromatic ring is 1. The Morgan fingerprint density at radius 3 is 2.60 bits per heavy atom. The molecular formula is C14H12BrN5. The maximum atomic E-state index is 5.85. The summed E-state index contributed by atoms with van der Waals surface area (Å²) in [6, 6.07) is 9.87. The molecule has 6 heteroatoms. The van der Waals surface area contributed by atoms with Gasteiger partial charge in [0.25, 0.3) is 0 Å². The van der Waals surface area contributed by atoms with Crippen LogP contribution in [-0.2, 0) is 0 Å². The quantitative estimate of drug-likeness (QED) is 0.784. The predicted octanol–water partition coefficient (Wildman–Crippen LogP) is 2.98. The van der Waals surface area contributed by atoms with E-state index < -0.39 is 0 Å². The lowest BCUT2D eigenvalue weighted by molar-refractivity contribution is 0.880. The summed E-state index contributed by atoms with van der Waals surface area (Å²) in [5.41, 5.74) is 8.47. The minimum atomic E-state index is 0.431. The van der Waals surface area contributed by atoms with Crippen LogP contribution < -0.4 is 5.73 Å². The number of nitrogens with two attached hydrogens (primary N) is 1. The van der Waals surface area contributed by atoms with Gasteiger partial charge >= 0.3 is 0 Å². The summed E-state index contributed by atoms with van der Waals surface area (Å²) in [4.78, 5) is 8.70. The standard InChI is InChI=1S/C14H12BrN5/c1-9-12(15)13(16)19-14(18-9)10-7-17-20(8-10)11-5-3-2-4-6-11/h2-8H,1H3,(H2,16,18,19). The van der Waals surface area contributed by atoms with Gasteiger partial charge in [0.15, 0.2) is 5.82 Å². The Hall–Kier alpha value is -2.21. The summed E-state index contributed by atoms with van der Waals surface area (Å²) in [5.74, 6) is 1.00. The van der Waals surface area contributed by atoms with Crippen LogP contribution in [0.15, 0.2) is 47.2 Å². The first kappa shape index (κ1) is 12.8. The number of benzene rings is 1. The third kappa shape index (κ3) is 2.30. The number of para-hydroxylation sites is 1. The molecule has 2 aromatic heterocycles. The molecule has 3 aromatic rings. The normalized spacial score (nSPS) is 10.7. The summed E-state index contributed by atoms with van der Waals surface area (Å²) in [6.45, 7) is 1.88. The van der Waals surface area contributed by atoms with Gasteiger partial charge in [-0.25, -0.2) is 14.6 Å². The van der Waals surface area contributed by atoms with Gasteiger partial charge < -0.3 is 5.73 Å². The van der Waals surface area contributed by atoms with E-state index in [4.69, 9.17) is 5.73 Å². The van der Waals surface area contributed by atoms with E-state index in [1.165, 1.54) is 0 Å². The third-order valence-corrected chi connectivity index (χ3v) is 3.88. The fourth-order valence-electron chi connectivity index (χ4n) is 1.87. The molecular weight excluding hydrogens is 318 g/mol. The van der Waals surface area contributed by atoms with Crippen molar-refractivity contribution in [1.82, 2.24) is 19.7 Å². The van der Waals surface area contributed by atoms with E-state index in [9.17, 15) is 0 Å². The van der Waals surface area contributed by atoms with Crippen LogP contribution in [0.4, 0.5) is 5.82 Å². The molecule has 0 saturated carbocycles. The van der Waals surface area contributed by atoms with E-state index in [-0.39, 0.29) is 0 Å². The molecule has 0 fully saturated rings. The first-order valence-electron chi connectivity index (χ1n) is 6.05. The van der Waals surface area contributed by atoms with E-state index in [0.717, 1.165) is 21.4 Å².